The minimum Gasteiger partial charge on any atom is -0.366 e. The van der Waals surface area contributed by atoms with Crippen LogP contribution >= 0.6 is 11.9 Å². The lowest BCUT2D eigenvalue weighted by Gasteiger charge is -2.54. The van der Waals surface area contributed by atoms with Crippen molar-refractivity contribution >= 4 is 23.9 Å². The number of nitrogens with one attached hydrogen (secondary N) is 1. The van der Waals surface area contributed by atoms with Gasteiger partial charge in [-0.25, -0.2) is 9.10 Å². The third-order valence-electron chi connectivity index (χ3n) is 7.74. The Hall–Kier alpha value is -1.46. The largest absolute Gasteiger partial charge is 0.395 e. The van der Waals surface area contributed by atoms with E-state index in [1.165, 1.54) is 6.08 Å². The van der Waals surface area contributed by atoms with Crippen LogP contribution in [0.25, 0.3) is 0 Å². The van der Waals surface area contributed by atoms with Crippen LogP contribution in [0.3, 0.4) is 0 Å². The minimum atomic E-state index is -4.13. The van der Waals surface area contributed by atoms with E-state index in [1.54, 1.807) is 18.0 Å². The second-order valence-electron chi connectivity index (χ2n) is 10.1. The summed E-state index contributed by atoms with van der Waals surface area (Å²) in [6, 6.07) is -0.0854. The summed E-state index contributed by atoms with van der Waals surface area (Å²) in [5.74, 6) is -1.42. The van der Waals surface area contributed by atoms with Gasteiger partial charge in [-0.1, -0.05) is 24.1 Å². The molecule has 5 rings (SSSR count). The van der Waals surface area contributed by atoms with Gasteiger partial charge < -0.3 is 19.9 Å². The molecule has 0 bridgehead atoms. The summed E-state index contributed by atoms with van der Waals surface area (Å²) in [5.41, 5.74) is 0.217. The molecule has 0 saturated carbocycles. The quantitative estimate of drug-likeness (QED) is 0.478. The zero-order chi connectivity index (χ0) is 23.2. The van der Waals surface area contributed by atoms with Gasteiger partial charge in [0, 0.05) is 49.9 Å². The van der Waals surface area contributed by atoms with Gasteiger partial charge in [0.25, 0.3) is 0 Å². The van der Waals surface area contributed by atoms with E-state index in [9.17, 15) is 22.8 Å². The fourth-order valence-electron chi connectivity index (χ4n) is 5.68. The molecule has 7 nitrogen and oxygen atoms in total. The number of halogens is 3. The van der Waals surface area contributed by atoms with Gasteiger partial charge in [0.2, 0.25) is 5.91 Å². The van der Waals surface area contributed by atoms with Gasteiger partial charge in [-0.05, 0) is 32.1 Å². The van der Waals surface area contributed by atoms with Crippen molar-refractivity contribution in [3.8, 4) is 0 Å². The van der Waals surface area contributed by atoms with Crippen molar-refractivity contribution in [1.82, 2.24) is 19.4 Å². The molecule has 0 aromatic carbocycles. The highest BCUT2D eigenvalue weighted by molar-refractivity contribution is 7.97. The minimum absolute atomic E-state index is 0.00630. The summed E-state index contributed by atoms with van der Waals surface area (Å²) in [6.07, 6.45) is 2.27. The number of amides is 3. The number of hydrogen-bond donors (Lipinski definition) is 1. The molecule has 33 heavy (non-hydrogen) atoms. The summed E-state index contributed by atoms with van der Waals surface area (Å²) in [7, 11) is 0. The molecule has 1 aliphatic carbocycles. The molecule has 4 saturated heterocycles. The van der Waals surface area contributed by atoms with Crippen molar-refractivity contribution in [3.63, 3.8) is 0 Å². The third-order valence-corrected chi connectivity index (χ3v) is 8.96. The van der Waals surface area contributed by atoms with Gasteiger partial charge in [0.05, 0.1) is 18.1 Å². The summed E-state index contributed by atoms with van der Waals surface area (Å²) >= 11 is 1.67. The maximum absolute atomic E-state index is 13.0. The van der Waals surface area contributed by atoms with Crippen molar-refractivity contribution in [2.45, 2.75) is 55.7 Å². The molecule has 1 N–H and O–H groups in total. The molecule has 1 spiro atoms. The summed E-state index contributed by atoms with van der Waals surface area (Å²) in [4.78, 5) is 28.4. The Labute approximate surface area is 196 Å². The molecule has 5 aliphatic rings. The molecule has 4 fully saturated rings. The number of piperidine rings is 2. The number of rotatable bonds is 2. The van der Waals surface area contributed by atoms with Gasteiger partial charge in [0.1, 0.15) is 6.61 Å². The number of likely N-dealkylation sites (tertiary alicyclic amines) is 2. The van der Waals surface area contributed by atoms with Crippen LogP contribution in [-0.2, 0) is 9.53 Å². The number of hydrogen-bond acceptors (Lipinski definition) is 5. The molecule has 4 atom stereocenters. The van der Waals surface area contributed by atoms with Crippen molar-refractivity contribution in [1.29, 1.82) is 0 Å². The van der Waals surface area contributed by atoms with Gasteiger partial charge in [-0.15, -0.1) is 0 Å². The lowest BCUT2D eigenvalue weighted by Crippen LogP contribution is -2.64. The molecule has 4 heterocycles. The summed E-state index contributed by atoms with van der Waals surface area (Å²) in [5, 5.41) is 3.06. The van der Waals surface area contributed by atoms with E-state index >= 15 is 0 Å². The van der Waals surface area contributed by atoms with E-state index in [0.29, 0.717) is 19.5 Å². The smallest absolute Gasteiger partial charge is 0.366 e. The summed E-state index contributed by atoms with van der Waals surface area (Å²) < 4.78 is 46.3. The van der Waals surface area contributed by atoms with Gasteiger partial charge in [-0.2, -0.15) is 13.2 Å². The molecule has 184 valence electrons. The van der Waals surface area contributed by atoms with E-state index in [4.69, 9.17) is 4.74 Å². The maximum Gasteiger partial charge on any atom is 0.395 e. The Kier molecular flexibility index (Phi) is 6.32. The lowest BCUT2D eigenvalue weighted by molar-refractivity contribution is -0.163. The maximum atomic E-state index is 13.0. The number of morpholine rings is 1. The second kappa shape index (κ2) is 8.96. The molecule has 0 radical (unpaired) electrons. The number of carbonyl (C=O) groups is 2. The van der Waals surface area contributed by atoms with Crippen LogP contribution in [0.1, 0.15) is 32.1 Å². The van der Waals surface area contributed by atoms with E-state index in [-0.39, 0.29) is 47.8 Å². The predicted octanol–water partition coefficient (Wildman–Crippen LogP) is 2.64. The number of carbonyl (C=O) groups excluding carboxylic acids is 2. The van der Waals surface area contributed by atoms with E-state index in [0.717, 1.165) is 45.4 Å². The van der Waals surface area contributed by atoms with Gasteiger partial charge in [-0.3, -0.25) is 4.79 Å². The first-order valence-electron chi connectivity index (χ1n) is 11.8. The van der Waals surface area contributed by atoms with Gasteiger partial charge in [0.15, 0.2) is 0 Å². The predicted molar refractivity (Wildman–Crippen MR) is 117 cm³/mol. The number of allylic oxidation sites excluding steroid dienone is 1. The molecule has 2 unspecified atom stereocenters. The van der Waals surface area contributed by atoms with Crippen LogP contribution in [0.15, 0.2) is 12.2 Å². The van der Waals surface area contributed by atoms with Crippen molar-refractivity contribution < 1.29 is 27.5 Å². The third kappa shape index (κ3) is 5.00. The van der Waals surface area contributed by atoms with Crippen LogP contribution in [0.2, 0.25) is 0 Å². The topological polar surface area (TPSA) is 65.1 Å². The Morgan fingerprint density at radius 2 is 1.85 bits per heavy atom. The highest BCUT2D eigenvalue weighted by Crippen LogP contribution is 2.46. The van der Waals surface area contributed by atoms with Crippen LogP contribution < -0.4 is 5.32 Å². The zero-order valence-corrected chi connectivity index (χ0v) is 19.4. The molecule has 11 heteroatoms. The van der Waals surface area contributed by atoms with E-state index in [2.05, 4.69) is 9.62 Å². The number of fused-ring (bicyclic) bond motifs is 1. The van der Waals surface area contributed by atoms with Crippen LogP contribution in [0.4, 0.5) is 18.0 Å². The lowest BCUT2D eigenvalue weighted by atomic mass is 9.73. The van der Waals surface area contributed by atoms with Crippen molar-refractivity contribution in [2.24, 2.45) is 11.3 Å². The SMILES string of the molecule is O=C1CO[C@H]2CCN(C(=O)N3CCC4(CC3)CN(SC3C=CC(C(F)(F)F)CC3)C4)C[C@H]2N1. The first-order chi connectivity index (χ1) is 15.7. The molecular weight excluding hydrogens is 457 g/mol. The van der Waals surface area contributed by atoms with Crippen molar-refractivity contribution in [3.05, 3.63) is 12.2 Å². The highest BCUT2D eigenvalue weighted by Gasteiger charge is 2.47. The van der Waals surface area contributed by atoms with Gasteiger partial charge >= 0.3 is 12.2 Å². The second-order valence-corrected chi connectivity index (χ2v) is 11.4. The number of ether oxygens (including phenoxy) is 1. The van der Waals surface area contributed by atoms with E-state index in [1.807, 2.05) is 9.80 Å². The molecule has 0 aromatic rings. The fraction of sp³-hybridized carbons (Fsp3) is 0.818. The Morgan fingerprint density at radius 1 is 1.09 bits per heavy atom. The van der Waals surface area contributed by atoms with Crippen LogP contribution in [0.5, 0.6) is 0 Å². The normalized spacial score (nSPS) is 34.6. The Morgan fingerprint density at radius 3 is 2.52 bits per heavy atom. The summed E-state index contributed by atoms with van der Waals surface area (Å²) in [6.45, 7) is 4.55. The molecule has 0 aromatic heterocycles. The zero-order valence-electron chi connectivity index (χ0n) is 18.6. The number of nitrogens with zero attached hydrogens (tertiary/aromatic N) is 3. The standard InChI is InChI=1S/C22H31F3N4O3S/c23-22(24,25)15-1-3-16(4-2-15)33-29-13-21(14-29)6-9-27(10-7-21)20(31)28-8-5-18-17(11-28)26-19(30)12-32-18/h1,3,15-18H,2,4-14H2,(H,26,30)/t15?,16?,17-,18+/m1/s1. The highest BCUT2D eigenvalue weighted by atomic mass is 32.2. The number of urea groups is 1. The van der Waals surface area contributed by atoms with E-state index < -0.39 is 12.1 Å². The molecule has 4 aliphatic heterocycles. The number of alkyl halides is 3. The average Bonchev–Trinajstić information content (AvgIpc) is 2.77. The fourth-order valence-corrected chi connectivity index (χ4v) is 7.17. The Bertz CT molecular complexity index is 794. The first kappa shape index (κ1) is 23.3. The van der Waals surface area contributed by atoms with Crippen LogP contribution in [-0.4, -0.2) is 95.5 Å². The molecule has 3 amide bonds. The van der Waals surface area contributed by atoms with Crippen LogP contribution in [0, 0.1) is 11.3 Å². The molecular formula is C22H31F3N4O3S. The Balaban J connectivity index is 1.05. The average molecular weight is 489 g/mol. The van der Waals surface area contributed by atoms with Crippen molar-refractivity contribution in [2.75, 3.05) is 45.9 Å². The first-order valence-corrected chi connectivity index (χ1v) is 12.7. The monoisotopic (exact) mass is 488 g/mol.